The van der Waals surface area contributed by atoms with Gasteiger partial charge in [0.2, 0.25) is 5.91 Å². The monoisotopic (exact) mass is 328 g/mol. The van der Waals surface area contributed by atoms with Gasteiger partial charge in [0.05, 0.1) is 18.3 Å². The average molecular weight is 328 g/mol. The van der Waals surface area contributed by atoms with E-state index in [-0.39, 0.29) is 5.91 Å². The lowest BCUT2D eigenvalue weighted by molar-refractivity contribution is -0.116. The van der Waals surface area contributed by atoms with E-state index in [0.717, 1.165) is 35.2 Å². The molecular weight excluding hydrogens is 300 g/mol. The van der Waals surface area contributed by atoms with Gasteiger partial charge >= 0.3 is 0 Å². The largest absolute Gasteiger partial charge is 0.497 e. The molecule has 1 heterocycles. The number of unbranched alkanes of at least 4 members (excludes halogenated alkanes) is 6. The highest BCUT2D eigenvalue weighted by Gasteiger charge is 2.09. The van der Waals surface area contributed by atoms with Crippen LogP contribution < -0.4 is 10.1 Å². The van der Waals surface area contributed by atoms with Gasteiger partial charge < -0.3 is 10.1 Å². The lowest BCUT2D eigenvalue weighted by atomic mass is 10.1. The minimum atomic E-state index is 0.0452. The zero-order valence-corrected chi connectivity index (χ0v) is 14.8. The molecule has 1 aromatic carbocycles. The summed E-state index contributed by atoms with van der Waals surface area (Å²) in [7, 11) is 1.63. The van der Waals surface area contributed by atoms with Crippen molar-refractivity contribution in [1.29, 1.82) is 0 Å². The van der Waals surface area contributed by atoms with Crippen molar-refractivity contribution < 1.29 is 9.53 Å². The third-order valence-electron chi connectivity index (χ3n) is 4.20. The van der Waals surface area contributed by atoms with Crippen LogP contribution in [0.1, 0.15) is 58.3 Å². The highest BCUT2D eigenvalue weighted by atomic mass is 16.5. The van der Waals surface area contributed by atoms with Crippen LogP contribution >= 0.6 is 0 Å². The number of pyridine rings is 1. The number of benzene rings is 1. The van der Waals surface area contributed by atoms with Gasteiger partial charge in [0.1, 0.15) is 5.75 Å². The number of hydrogen-bond donors (Lipinski definition) is 1. The van der Waals surface area contributed by atoms with E-state index in [4.69, 9.17) is 4.74 Å². The predicted molar refractivity (Wildman–Crippen MR) is 99.5 cm³/mol. The van der Waals surface area contributed by atoms with Crippen LogP contribution in [0, 0.1) is 0 Å². The molecule has 1 aromatic heterocycles. The third kappa shape index (κ3) is 5.52. The summed E-state index contributed by atoms with van der Waals surface area (Å²) in [4.78, 5) is 16.6. The van der Waals surface area contributed by atoms with Gasteiger partial charge in [0, 0.05) is 24.1 Å². The van der Waals surface area contributed by atoms with Gasteiger partial charge in [0.15, 0.2) is 0 Å². The van der Waals surface area contributed by atoms with Crippen LogP contribution in [0.4, 0.5) is 5.69 Å². The minimum absolute atomic E-state index is 0.0452. The Morgan fingerprint density at radius 2 is 1.88 bits per heavy atom. The molecule has 2 rings (SSSR count). The van der Waals surface area contributed by atoms with E-state index in [0.29, 0.717) is 6.42 Å². The SMILES string of the molecule is CCCCCCCCCC(=O)Nc1cc(OC)cc2cccnc12. The Hall–Kier alpha value is -2.10. The number of methoxy groups -OCH3 is 1. The van der Waals surface area contributed by atoms with Gasteiger partial charge in [-0.3, -0.25) is 9.78 Å². The van der Waals surface area contributed by atoms with Gasteiger partial charge in [-0.15, -0.1) is 0 Å². The van der Waals surface area contributed by atoms with Gasteiger partial charge in [-0.2, -0.15) is 0 Å². The molecule has 1 N–H and O–H groups in total. The fraction of sp³-hybridized carbons (Fsp3) is 0.500. The van der Waals surface area contributed by atoms with E-state index in [1.807, 2.05) is 24.3 Å². The van der Waals surface area contributed by atoms with Gasteiger partial charge in [0.25, 0.3) is 0 Å². The van der Waals surface area contributed by atoms with E-state index in [1.54, 1.807) is 13.3 Å². The van der Waals surface area contributed by atoms with E-state index >= 15 is 0 Å². The van der Waals surface area contributed by atoms with Crippen molar-refractivity contribution in [2.24, 2.45) is 0 Å². The number of hydrogen-bond acceptors (Lipinski definition) is 3. The van der Waals surface area contributed by atoms with Crippen molar-refractivity contribution in [3.8, 4) is 5.75 Å². The molecule has 0 atom stereocenters. The van der Waals surface area contributed by atoms with Crippen LogP contribution in [0.25, 0.3) is 10.9 Å². The summed E-state index contributed by atoms with van der Waals surface area (Å²) in [6.07, 6.45) is 10.7. The molecule has 0 aliphatic carbocycles. The number of nitrogens with one attached hydrogen (secondary N) is 1. The van der Waals surface area contributed by atoms with Crippen LogP contribution in [0.15, 0.2) is 30.5 Å². The molecule has 0 aliphatic heterocycles. The van der Waals surface area contributed by atoms with Crippen LogP contribution in [0.3, 0.4) is 0 Å². The molecule has 0 unspecified atom stereocenters. The quantitative estimate of drug-likeness (QED) is 0.600. The molecule has 0 fully saturated rings. The number of fused-ring (bicyclic) bond motifs is 1. The van der Waals surface area contributed by atoms with E-state index in [9.17, 15) is 4.79 Å². The summed E-state index contributed by atoms with van der Waals surface area (Å²) < 4.78 is 5.31. The Balaban J connectivity index is 1.86. The number of aromatic nitrogens is 1. The van der Waals surface area contributed by atoms with Crippen molar-refractivity contribution in [1.82, 2.24) is 4.98 Å². The molecular formula is C20H28N2O2. The van der Waals surface area contributed by atoms with Gasteiger partial charge in [-0.25, -0.2) is 0 Å². The summed E-state index contributed by atoms with van der Waals surface area (Å²) >= 11 is 0. The van der Waals surface area contributed by atoms with Gasteiger partial charge in [-0.1, -0.05) is 51.5 Å². The van der Waals surface area contributed by atoms with Crippen molar-refractivity contribution in [3.05, 3.63) is 30.5 Å². The molecule has 0 saturated carbocycles. The van der Waals surface area contributed by atoms with Crippen molar-refractivity contribution >= 4 is 22.5 Å². The molecule has 24 heavy (non-hydrogen) atoms. The molecule has 130 valence electrons. The lowest BCUT2D eigenvalue weighted by Gasteiger charge is -2.10. The maximum atomic E-state index is 12.2. The highest BCUT2D eigenvalue weighted by Crippen LogP contribution is 2.27. The van der Waals surface area contributed by atoms with E-state index in [2.05, 4.69) is 17.2 Å². The third-order valence-corrected chi connectivity index (χ3v) is 4.20. The second-order valence-electron chi connectivity index (χ2n) is 6.17. The van der Waals surface area contributed by atoms with Crippen LogP contribution in [-0.4, -0.2) is 18.0 Å². The minimum Gasteiger partial charge on any atom is -0.497 e. The first-order valence-corrected chi connectivity index (χ1v) is 8.97. The molecule has 4 nitrogen and oxygen atoms in total. The normalized spacial score (nSPS) is 10.8. The van der Waals surface area contributed by atoms with Gasteiger partial charge in [-0.05, 0) is 18.6 Å². The second kappa shape index (κ2) is 9.91. The molecule has 0 radical (unpaired) electrons. The summed E-state index contributed by atoms with van der Waals surface area (Å²) in [6.45, 7) is 2.22. The topological polar surface area (TPSA) is 51.2 Å². The number of carbonyl (C=O) groups excluding carboxylic acids is 1. The molecule has 2 aromatic rings. The van der Waals surface area contributed by atoms with Crippen molar-refractivity contribution in [3.63, 3.8) is 0 Å². The van der Waals surface area contributed by atoms with Crippen molar-refractivity contribution in [2.45, 2.75) is 58.3 Å². The lowest BCUT2D eigenvalue weighted by Crippen LogP contribution is -2.11. The molecule has 0 saturated heterocycles. The predicted octanol–water partition coefficient (Wildman–Crippen LogP) is 5.32. The smallest absolute Gasteiger partial charge is 0.224 e. The Labute approximate surface area is 144 Å². The number of carbonyl (C=O) groups is 1. The molecule has 0 bridgehead atoms. The maximum Gasteiger partial charge on any atom is 0.224 e. The second-order valence-corrected chi connectivity index (χ2v) is 6.17. The number of amides is 1. The summed E-state index contributed by atoms with van der Waals surface area (Å²) in [6, 6.07) is 7.61. The first kappa shape index (κ1) is 18.2. The zero-order chi connectivity index (χ0) is 17.2. The van der Waals surface area contributed by atoms with Crippen LogP contribution in [0.2, 0.25) is 0 Å². The summed E-state index contributed by atoms with van der Waals surface area (Å²) in [5.41, 5.74) is 1.52. The Morgan fingerprint density at radius 3 is 2.62 bits per heavy atom. The number of rotatable bonds is 10. The Kier molecular flexibility index (Phi) is 7.53. The van der Waals surface area contributed by atoms with Crippen molar-refractivity contribution in [2.75, 3.05) is 12.4 Å². The summed E-state index contributed by atoms with van der Waals surface area (Å²) in [5, 5.41) is 3.95. The molecule has 4 heteroatoms. The van der Waals surface area contributed by atoms with Crippen LogP contribution in [-0.2, 0) is 4.79 Å². The van der Waals surface area contributed by atoms with Crippen LogP contribution in [0.5, 0.6) is 5.75 Å². The molecule has 0 aliphatic rings. The summed E-state index contributed by atoms with van der Waals surface area (Å²) in [5.74, 6) is 0.769. The number of anilines is 1. The Bertz CT molecular complexity index is 655. The maximum absolute atomic E-state index is 12.2. The number of nitrogens with zero attached hydrogens (tertiary/aromatic N) is 1. The highest BCUT2D eigenvalue weighted by molar-refractivity contribution is 6.01. The fourth-order valence-corrected chi connectivity index (χ4v) is 2.83. The van der Waals surface area contributed by atoms with E-state index < -0.39 is 0 Å². The molecule has 0 spiro atoms. The number of ether oxygens (including phenoxy) is 1. The first-order valence-electron chi connectivity index (χ1n) is 8.97. The van der Waals surface area contributed by atoms with E-state index in [1.165, 1.54) is 32.1 Å². The first-order chi connectivity index (χ1) is 11.7. The fourth-order valence-electron chi connectivity index (χ4n) is 2.83. The Morgan fingerprint density at radius 1 is 1.12 bits per heavy atom. The zero-order valence-electron chi connectivity index (χ0n) is 14.8. The standard InChI is InChI=1S/C20H28N2O2/c1-3-4-5-6-7-8-9-12-19(23)22-18-15-17(24-2)14-16-11-10-13-21-20(16)18/h10-11,13-15H,3-9,12H2,1-2H3,(H,22,23). The molecule has 1 amide bonds. The average Bonchev–Trinajstić information content (AvgIpc) is 2.60.